The molecule has 0 aliphatic rings. The number of nitrogens with zero attached hydrogens (tertiary/aromatic N) is 5. The van der Waals surface area contributed by atoms with Crippen LogP contribution in [0, 0.1) is 6.92 Å². The van der Waals surface area contributed by atoms with Crippen molar-refractivity contribution in [1.82, 2.24) is 25.0 Å². The Kier molecular flexibility index (Phi) is 6.58. The van der Waals surface area contributed by atoms with Crippen molar-refractivity contribution >= 4 is 34.1 Å². The molecule has 0 bridgehead atoms. The van der Waals surface area contributed by atoms with Crippen LogP contribution >= 0.6 is 23.1 Å². The van der Waals surface area contributed by atoms with Crippen molar-refractivity contribution in [2.75, 3.05) is 11.1 Å². The van der Waals surface area contributed by atoms with Crippen LogP contribution in [0.1, 0.15) is 30.3 Å². The second-order valence-electron chi connectivity index (χ2n) is 6.45. The zero-order chi connectivity index (χ0) is 20.1. The van der Waals surface area contributed by atoms with E-state index < -0.39 is 0 Å². The molecule has 1 N–H and O–H groups in total. The number of thioether (sulfide) groups is 1. The van der Waals surface area contributed by atoms with Gasteiger partial charge in [0.25, 0.3) is 0 Å². The highest BCUT2D eigenvalue weighted by molar-refractivity contribution is 7.99. The van der Waals surface area contributed by atoms with Crippen LogP contribution in [0.2, 0.25) is 0 Å². The highest BCUT2D eigenvalue weighted by Gasteiger charge is 2.16. The normalized spacial score (nSPS) is 11.0. The first-order chi connectivity index (χ1) is 13.5. The third kappa shape index (κ3) is 4.85. The minimum atomic E-state index is -0.155. The number of aromatic nitrogens is 5. The molecule has 146 valence electrons. The molecule has 28 heavy (non-hydrogen) atoms. The van der Waals surface area contributed by atoms with Crippen LogP contribution in [-0.2, 0) is 11.3 Å². The standard InChI is InChI=1S/C19H22N6OS2/c1-5-10-25-17(15-8-6-14(7-9-15)12(2)3)22-24-19(25)27-11-16(26)20-18-23-21-13(4)28-18/h5-9,12H,1,10-11H2,2-4H3,(H,20,23,26). The lowest BCUT2D eigenvalue weighted by Gasteiger charge is -2.09. The summed E-state index contributed by atoms with van der Waals surface area (Å²) < 4.78 is 1.96. The van der Waals surface area contributed by atoms with Gasteiger partial charge in [0.1, 0.15) is 5.01 Å². The molecule has 0 unspecified atom stereocenters. The van der Waals surface area contributed by atoms with Gasteiger partial charge in [-0.1, -0.05) is 67.3 Å². The number of amides is 1. The summed E-state index contributed by atoms with van der Waals surface area (Å²) in [6.07, 6.45) is 1.80. The maximum Gasteiger partial charge on any atom is 0.236 e. The number of carbonyl (C=O) groups is 1. The molecule has 1 amide bonds. The highest BCUT2D eigenvalue weighted by atomic mass is 32.2. The largest absolute Gasteiger partial charge is 0.300 e. The van der Waals surface area contributed by atoms with Gasteiger partial charge < -0.3 is 0 Å². The van der Waals surface area contributed by atoms with Crippen LogP contribution in [0.15, 0.2) is 42.1 Å². The summed E-state index contributed by atoms with van der Waals surface area (Å²) in [5.41, 5.74) is 2.26. The molecule has 3 aromatic rings. The molecule has 0 fully saturated rings. The van der Waals surface area contributed by atoms with E-state index in [1.54, 1.807) is 6.08 Å². The fourth-order valence-electron chi connectivity index (χ4n) is 2.55. The van der Waals surface area contributed by atoms with Crippen LogP contribution in [0.4, 0.5) is 5.13 Å². The van der Waals surface area contributed by atoms with E-state index >= 15 is 0 Å². The van der Waals surface area contributed by atoms with Crippen molar-refractivity contribution in [1.29, 1.82) is 0 Å². The lowest BCUT2D eigenvalue weighted by Crippen LogP contribution is -2.14. The number of aryl methyl sites for hydroxylation is 1. The molecule has 2 aromatic heterocycles. The monoisotopic (exact) mass is 414 g/mol. The molecule has 7 nitrogen and oxygen atoms in total. The Labute approximate surface area is 172 Å². The number of rotatable bonds is 8. The summed E-state index contributed by atoms with van der Waals surface area (Å²) in [5, 5.41) is 21.1. The van der Waals surface area contributed by atoms with Crippen molar-refractivity contribution in [3.05, 3.63) is 47.5 Å². The summed E-state index contributed by atoms with van der Waals surface area (Å²) in [4.78, 5) is 12.2. The quantitative estimate of drug-likeness (QED) is 0.440. The van der Waals surface area contributed by atoms with Gasteiger partial charge in [-0.2, -0.15) is 0 Å². The Morgan fingerprint density at radius 3 is 2.61 bits per heavy atom. The van der Waals surface area contributed by atoms with Gasteiger partial charge in [-0.3, -0.25) is 14.7 Å². The Morgan fingerprint density at radius 2 is 2.00 bits per heavy atom. The van der Waals surface area contributed by atoms with Crippen molar-refractivity contribution < 1.29 is 4.79 Å². The fourth-order valence-corrected chi connectivity index (χ4v) is 3.91. The SMILES string of the molecule is C=CCn1c(SCC(=O)Nc2nnc(C)s2)nnc1-c1ccc(C(C)C)cc1. The molecule has 0 aliphatic heterocycles. The van der Waals surface area contributed by atoms with E-state index in [1.165, 1.54) is 28.7 Å². The maximum absolute atomic E-state index is 12.2. The Balaban J connectivity index is 1.73. The van der Waals surface area contributed by atoms with Crippen LogP contribution in [0.5, 0.6) is 0 Å². The zero-order valence-corrected chi connectivity index (χ0v) is 17.7. The van der Waals surface area contributed by atoms with E-state index in [1.807, 2.05) is 11.5 Å². The maximum atomic E-state index is 12.2. The first kappa shape index (κ1) is 20.2. The molecule has 0 saturated heterocycles. The van der Waals surface area contributed by atoms with Gasteiger partial charge in [-0.05, 0) is 18.4 Å². The molecule has 0 saturated carbocycles. The Bertz CT molecular complexity index is 961. The number of allylic oxidation sites excluding steroid dienone is 1. The third-order valence-corrected chi connectivity index (χ3v) is 5.69. The van der Waals surface area contributed by atoms with Crippen LogP contribution in [0.3, 0.4) is 0 Å². The van der Waals surface area contributed by atoms with Crippen molar-refractivity contribution in [3.8, 4) is 11.4 Å². The average Bonchev–Trinajstić information content (AvgIpc) is 3.26. The van der Waals surface area contributed by atoms with Crippen molar-refractivity contribution in [2.24, 2.45) is 0 Å². The lowest BCUT2D eigenvalue weighted by molar-refractivity contribution is -0.113. The topological polar surface area (TPSA) is 85.6 Å². The first-order valence-electron chi connectivity index (χ1n) is 8.85. The summed E-state index contributed by atoms with van der Waals surface area (Å²) in [6.45, 7) is 10.6. The van der Waals surface area contributed by atoms with Gasteiger partial charge in [-0.15, -0.1) is 27.0 Å². The molecule has 2 heterocycles. The van der Waals surface area contributed by atoms with Gasteiger partial charge in [0.2, 0.25) is 11.0 Å². The summed E-state index contributed by atoms with van der Waals surface area (Å²) in [5.74, 6) is 1.29. The summed E-state index contributed by atoms with van der Waals surface area (Å²) in [6, 6.07) is 8.32. The number of anilines is 1. The molecular weight excluding hydrogens is 392 g/mol. The van der Waals surface area contributed by atoms with Gasteiger partial charge >= 0.3 is 0 Å². The molecule has 0 radical (unpaired) electrons. The number of hydrogen-bond donors (Lipinski definition) is 1. The summed E-state index contributed by atoms with van der Waals surface area (Å²) >= 11 is 2.67. The van der Waals surface area contributed by atoms with Gasteiger partial charge in [0, 0.05) is 12.1 Å². The van der Waals surface area contributed by atoms with Gasteiger partial charge in [-0.25, -0.2) is 0 Å². The Hall–Kier alpha value is -2.52. The number of nitrogens with one attached hydrogen (secondary N) is 1. The van der Waals surface area contributed by atoms with Crippen molar-refractivity contribution in [2.45, 2.75) is 38.4 Å². The second-order valence-corrected chi connectivity index (χ2v) is 8.57. The van der Waals surface area contributed by atoms with E-state index in [0.717, 1.165) is 16.4 Å². The molecule has 0 atom stereocenters. The highest BCUT2D eigenvalue weighted by Crippen LogP contribution is 2.26. The van der Waals surface area contributed by atoms with Gasteiger partial charge in [0.05, 0.1) is 5.75 Å². The Morgan fingerprint density at radius 1 is 1.25 bits per heavy atom. The van der Waals surface area contributed by atoms with Crippen LogP contribution < -0.4 is 5.32 Å². The van der Waals surface area contributed by atoms with Gasteiger partial charge in [0.15, 0.2) is 11.0 Å². The fraction of sp³-hybridized carbons (Fsp3) is 0.316. The van der Waals surface area contributed by atoms with E-state index in [4.69, 9.17) is 0 Å². The molecule has 1 aromatic carbocycles. The molecule has 0 aliphatic carbocycles. The predicted octanol–water partition coefficient (Wildman–Crippen LogP) is 4.15. The number of benzene rings is 1. The number of hydrogen-bond acceptors (Lipinski definition) is 7. The molecule has 0 spiro atoms. The zero-order valence-electron chi connectivity index (χ0n) is 16.0. The number of carbonyl (C=O) groups excluding carboxylic acids is 1. The average molecular weight is 415 g/mol. The third-order valence-electron chi connectivity index (χ3n) is 3.97. The first-order valence-corrected chi connectivity index (χ1v) is 10.6. The molecule has 3 rings (SSSR count). The van der Waals surface area contributed by atoms with E-state index in [2.05, 4.69) is 70.4 Å². The van der Waals surface area contributed by atoms with Crippen LogP contribution in [-0.4, -0.2) is 36.6 Å². The predicted molar refractivity (Wildman–Crippen MR) is 114 cm³/mol. The molecule has 9 heteroatoms. The second kappa shape index (κ2) is 9.11. The lowest BCUT2D eigenvalue weighted by atomic mass is 10.0. The van der Waals surface area contributed by atoms with E-state index in [9.17, 15) is 4.79 Å². The van der Waals surface area contributed by atoms with Crippen molar-refractivity contribution in [3.63, 3.8) is 0 Å². The van der Waals surface area contributed by atoms with Crippen LogP contribution in [0.25, 0.3) is 11.4 Å². The van der Waals surface area contributed by atoms with E-state index in [-0.39, 0.29) is 11.7 Å². The molecular formula is C19H22N6OS2. The minimum Gasteiger partial charge on any atom is -0.300 e. The smallest absolute Gasteiger partial charge is 0.236 e. The minimum absolute atomic E-state index is 0.155. The summed E-state index contributed by atoms with van der Waals surface area (Å²) in [7, 11) is 0. The van der Waals surface area contributed by atoms with E-state index in [0.29, 0.717) is 22.8 Å².